The number of urea groups is 1. The molecule has 2 atom stereocenters. The number of hydrogen-bond acceptors (Lipinski definition) is 3. The van der Waals surface area contributed by atoms with Gasteiger partial charge in [0.05, 0.1) is 5.69 Å². The lowest BCUT2D eigenvalue weighted by molar-refractivity contribution is -0.0523. The summed E-state index contributed by atoms with van der Waals surface area (Å²) >= 11 is 0. The van der Waals surface area contributed by atoms with Crippen LogP contribution < -0.4 is 10.1 Å². The zero-order valence-corrected chi connectivity index (χ0v) is 13.5. The minimum atomic E-state index is -3.29. The number of amides is 2. The van der Waals surface area contributed by atoms with E-state index in [2.05, 4.69) is 10.1 Å². The van der Waals surface area contributed by atoms with Crippen LogP contribution in [0.15, 0.2) is 12.1 Å². The molecule has 1 aliphatic heterocycles. The fraction of sp³-hybridized carbons (Fsp3) is 0.500. The maximum Gasteiger partial charge on any atom is 0.387 e. The van der Waals surface area contributed by atoms with Crippen molar-refractivity contribution in [2.24, 2.45) is 5.92 Å². The van der Waals surface area contributed by atoms with E-state index in [1.54, 1.807) is 0 Å². The molecule has 0 aromatic heterocycles. The molecule has 1 N–H and O–H groups in total. The lowest BCUT2D eigenvalue weighted by Gasteiger charge is -2.22. The van der Waals surface area contributed by atoms with Gasteiger partial charge >= 0.3 is 12.6 Å². The Morgan fingerprint density at radius 3 is 2.75 bits per heavy atom. The van der Waals surface area contributed by atoms with Gasteiger partial charge in [0, 0.05) is 47.5 Å². The van der Waals surface area contributed by atoms with Gasteiger partial charge in [-0.05, 0) is 5.92 Å². The molecular formula is C14H16F4N2O3S. The number of alkyl halides is 2. The first-order valence-corrected chi connectivity index (χ1v) is 8.60. The summed E-state index contributed by atoms with van der Waals surface area (Å²) in [5.41, 5.74) is -0.489. The number of ether oxygens (including phenoxy) is 1. The molecule has 0 radical (unpaired) electrons. The van der Waals surface area contributed by atoms with Gasteiger partial charge in [-0.25, -0.2) is 13.6 Å². The summed E-state index contributed by atoms with van der Waals surface area (Å²) in [6, 6.07) is 0.336. The Balaban J connectivity index is 2.11. The highest BCUT2D eigenvalue weighted by Gasteiger charge is 2.24. The highest BCUT2D eigenvalue weighted by atomic mass is 32.2. The molecule has 10 heteroatoms. The molecular weight excluding hydrogens is 352 g/mol. The monoisotopic (exact) mass is 368 g/mol. The van der Waals surface area contributed by atoms with Crippen molar-refractivity contribution in [1.82, 2.24) is 4.90 Å². The second-order valence-electron chi connectivity index (χ2n) is 5.43. The van der Waals surface area contributed by atoms with Gasteiger partial charge in [0.15, 0.2) is 17.4 Å². The largest absolute Gasteiger partial charge is 0.432 e. The Hall–Kier alpha value is -1.84. The van der Waals surface area contributed by atoms with Crippen molar-refractivity contribution in [2.45, 2.75) is 13.5 Å². The van der Waals surface area contributed by atoms with Crippen LogP contribution in [0.3, 0.4) is 0 Å². The summed E-state index contributed by atoms with van der Waals surface area (Å²) in [7, 11) is -1.03. The van der Waals surface area contributed by atoms with Crippen LogP contribution in [-0.2, 0) is 10.8 Å². The molecule has 134 valence electrons. The highest BCUT2D eigenvalue weighted by Crippen LogP contribution is 2.26. The summed E-state index contributed by atoms with van der Waals surface area (Å²) in [6.07, 6.45) is 0. The van der Waals surface area contributed by atoms with Gasteiger partial charge < -0.3 is 15.0 Å². The first-order chi connectivity index (χ1) is 11.3. The molecule has 0 saturated carbocycles. The molecule has 1 aromatic carbocycles. The van der Waals surface area contributed by atoms with Gasteiger partial charge in [-0.3, -0.25) is 4.21 Å². The molecule has 1 aromatic rings. The van der Waals surface area contributed by atoms with Crippen LogP contribution in [0.1, 0.15) is 6.92 Å². The van der Waals surface area contributed by atoms with Crippen molar-refractivity contribution in [1.29, 1.82) is 0 Å². The van der Waals surface area contributed by atoms with Crippen LogP contribution >= 0.6 is 0 Å². The third-order valence-corrected chi connectivity index (χ3v) is 4.94. The second kappa shape index (κ2) is 7.82. The van der Waals surface area contributed by atoms with Gasteiger partial charge in [0.25, 0.3) is 0 Å². The fourth-order valence-electron chi connectivity index (χ4n) is 2.32. The summed E-state index contributed by atoms with van der Waals surface area (Å²) < 4.78 is 67.1. The van der Waals surface area contributed by atoms with Crippen molar-refractivity contribution in [3.63, 3.8) is 0 Å². The molecule has 2 amide bonds. The van der Waals surface area contributed by atoms with E-state index in [0.29, 0.717) is 30.2 Å². The lowest BCUT2D eigenvalue weighted by atomic mass is 10.2. The molecule has 1 aliphatic rings. The zero-order chi connectivity index (χ0) is 17.9. The van der Waals surface area contributed by atoms with Crippen molar-refractivity contribution < 1.29 is 31.3 Å². The van der Waals surface area contributed by atoms with E-state index >= 15 is 0 Å². The maximum atomic E-state index is 13.9. The van der Waals surface area contributed by atoms with Crippen molar-refractivity contribution >= 4 is 22.5 Å². The van der Waals surface area contributed by atoms with Crippen molar-refractivity contribution in [2.75, 3.05) is 29.9 Å². The Morgan fingerprint density at radius 2 is 2.08 bits per heavy atom. The highest BCUT2D eigenvalue weighted by molar-refractivity contribution is 7.85. The molecule has 24 heavy (non-hydrogen) atoms. The van der Waals surface area contributed by atoms with Gasteiger partial charge in [-0.15, -0.1) is 0 Å². The average molecular weight is 368 g/mol. The molecule has 2 unspecified atom stereocenters. The maximum absolute atomic E-state index is 13.9. The molecule has 0 spiro atoms. The number of rotatable bonds is 3. The van der Waals surface area contributed by atoms with Gasteiger partial charge in [0.1, 0.15) is 0 Å². The molecule has 0 aliphatic carbocycles. The SMILES string of the molecule is CC1CN(C(=O)Nc2cc(F)c(OC(F)F)cc2F)CCS(=O)C1. The van der Waals surface area contributed by atoms with E-state index < -0.39 is 46.5 Å². The number of carbonyl (C=O) groups is 1. The Bertz CT molecular complexity index is 645. The summed E-state index contributed by atoms with van der Waals surface area (Å²) in [5, 5.41) is 2.19. The third kappa shape index (κ3) is 4.83. The van der Waals surface area contributed by atoms with E-state index in [1.165, 1.54) is 4.90 Å². The third-order valence-electron chi connectivity index (χ3n) is 3.36. The Morgan fingerprint density at radius 1 is 1.38 bits per heavy atom. The van der Waals surface area contributed by atoms with E-state index in [1.807, 2.05) is 6.92 Å². The van der Waals surface area contributed by atoms with Crippen LogP contribution in [0.25, 0.3) is 0 Å². The van der Waals surface area contributed by atoms with Gasteiger partial charge in [-0.1, -0.05) is 6.92 Å². The molecule has 2 rings (SSSR count). The van der Waals surface area contributed by atoms with Crippen molar-refractivity contribution in [3.8, 4) is 5.75 Å². The minimum Gasteiger partial charge on any atom is -0.432 e. The number of carbonyl (C=O) groups excluding carboxylic acids is 1. The predicted molar refractivity (Wildman–Crippen MR) is 80.6 cm³/mol. The molecule has 1 fully saturated rings. The minimum absolute atomic E-state index is 0.00230. The predicted octanol–water partition coefficient (Wildman–Crippen LogP) is 2.80. The number of nitrogens with zero attached hydrogens (tertiary/aromatic N) is 1. The van der Waals surface area contributed by atoms with Crippen LogP contribution in [-0.4, -0.2) is 46.3 Å². The first kappa shape index (κ1) is 18.5. The number of halogens is 4. The second-order valence-corrected chi connectivity index (χ2v) is 7.05. The van der Waals surface area contributed by atoms with Crippen molar-refractivity contribution in [3.05, 3.63) is 23.8 Å². The first-order valence-electron chi connectivity index (χ1n) is 7.11. The van der Waals surface area contributed by atoms with E-state index in [0.717, 1.165) is 0 Å². The summed E-state index contributed by atoms with van der Waals surface area (Å²) in [6.45, 7) is -0.910. The zero-order valence-electron chi connectivity index (χ0n) is 12.7. The quantitative estimate of drug-likeness (QED) is 0.835. The van der Waals surface area contributed by atoms with Crippen LogP contribution in [0.2, 0.25) is 0 Å². The van der Waals surface area contributed by atoms with E-state index in [-0.39, 0.29) is 12.5 Å². The Kier molecular flexibility index (Phi) is 6.03. The standard InChI is InChI=1S/C14H16F4N2O3S/c1-8-6-20(2-3-24(22)7-8)14(21)19-11-4-10(16)12(5-9(11)15)23-13(17)18/h4-5,8,13H,2-3,6-7H2,1H3,(H,19,21). The number of hydrogen-bond donors (Lipinski definition) is 1. The fourth-order valence-corrected chi connectivity index (χ4v) is 3.65. The van der Waals surface area contributed by atoms with Crippen LogP contribution in [0.4, 0.5) is 28.0 Å². The van der Waals surface area contributed by atoms with Gasteiger partial charge in [-0.2, -0.15) is 8.78 Å². The van der Waals surface area contributed by atoms with Crippen LogP contribution in [0, 0.1) is 17.6 Å². The Labute approximate surface area is 138 Å². The topological polar surface area (TPSA) is 58.6 Å². The van der Waals surface area contributed by atoms with E-state index in [4.69, 9.17) is 0 Å². The smallest absolute Gasteiger partial charge is 0.387 e. The lowest BCUT2D eigenvalue weighted by Crippen LogP contribution is -2.38. The molecule has 1 saturated heterocycles. The summed E-state index contributed by atoms with van der Waals surface area (Å²) in [5.74, 6) is -2.51. The molecule has 1 heterocycles. The van der Waals surface area contributed by atoms with E-state index in [9.17, 15) is 26.6 Å². The number of anilines is 1. The number of nitrogens with one attached hydrogen (secondary N) is 1. The average Bonchev–Trinajstić information content (AvgIpc) is 2.64. The molecule has 5 nitrogen and oxygen atoms in total. The van der Waals surface area contributed by atoms with Crippen LogP contribution in [0.5, 0.6) is 5.75 Å². The normalized spacial score (nSPS) is 21.5. The van der Waals surface area contributed by atoms with Gasteiger partial charge in [0.2, 0.25) is 0 Å². The summed E-state index contributed by atoms with van der Waals surface area (Å²) in [4.78, 5) is 13.5. The molecule has 0 bridgehead atoms. The number of benzene rings is 1.